The highest BCUT2D eigenvalue weighted by Gasteiger charge is 2.17. The number of amides is 1. The van der Waals surface area contributed by atoms with E-state index in [0.29, 0.717) is 6.61 Å². The molecule has 3 heteroatoms. The van der Waals surface area contributed by atoms with Gasteiger partial charge in [-0.2, -0.15) is 0 Å². The molecule has 1 fully saturated rings. The van der Waals surface area contributed by atoms with Crippen LogP contribution in [0.2, 0.25) is 0 Å². The van der Waals surface area contributed by atoms with Crippen molar-refractivity contribution < 1.29 is 9.53 Å². The van der Waals surface area contributed by atoms with E-state index in [0.717, 1.165) is 36.9 Å². The summed E-state index contributed by atoms with van der Waals surface area (Å²) in [6.45, 7) is 1.96. The standard InChI is InChI=1S/C21H21NO2/c23-21(22-11-4-1-5-12-22)24-15-19-10-6-9-18-13-16-7-2-3-8-17(16)14-20(18)19/h2-3,6-10,13-14H,1,4-5,11-12,15H2. The molecule has 1 saturated heterocycles. The lowest BCUT2D eigenvalue weighted by Crippen LogP contribution is -2.35. The second kappa shape index (κ2) is 6.52. The molecule has 0 atom stereocenters. The number of piperidine rings is 1. The lowest BCUT2D eigenvalue weighted by atomic mass is 10.00. The first-order chi connectivity index (χ1) is 11.8. The molecule has 0 saturated carbocycles. The molecular formula is C21H21NO2. The van der Waals surface area contributed by atoms with Crippen LogP contribution in [0.4, 0.5) is 4.79 Å². The predicted octanol–water partition coefficient (Wildman–Crippen LogP) is 5.12. The van der Waals surface area contributed by atoms with Crippen molar-refractivity contribution in [2.75, 3.05) is 13.1 Å². The highest BCUT2D eigenvalue weighted by atomic mass is 16.6. The van der Waals surface area contributed by atoms with Crippen molar-refractivity contribution in [3.63, 3.8) is 0 Å². The Kier molecular flexibility index (Phi) is 4.08. The maximum atomic E-state index is 12.2. The first-order valence-electron chi connectivity index (χ1n) is 8.63. The van der Waals surface area contributed by atoms with Crippen LogP contribution in [-0.4, -0.2) is 24.1 Å². The molecule has 0 radical (unpaired) electrons. The lowest BCUT2D eigenvalue weighted by Gasteiger charge is -2.25. The van der Waals surface area contributed by atoms with E-state index >= 15 is 0 Å². The number of likely N-dealkylation sites (tertiary alicyclic amines) is 1. The molecule has 0 unspecified atom stereocenters. The number of rotatable bonds is 2. The van der Waals surface area contributed by atoms with E-state index in [4.69, 9.17) is 4.74 Å². The van der Waals surface area contributed by atoms with Crippen LogP contribution in [0.3, 0.4) is 0 Å². The largest absolute Gasteiger partial charge is 0.445 e. The second-order valence-corrected chi connectivity index (χ2v) is 6.44. The number of carbonyl (C=O) groups is 1. The molecule has 0 aliphatic carbocycles. The van der Waals surface area contributed by atoms with E-state index in [-0.39, 0.29) is 6.09 Å². The summed E-state index contributed by atoms with van der Waals surface area (Å²) in [6, 6.07) is 18.9. The van der Waals surface area contributed by atoms with E-state index < -0.39 is 0 Å². The van der Waals surface area contributed by atoms with E-state index in [1.165, 1.54) is 22.6 Å². The molecule has 3 nitrogen and oxygen atoms in total. The molecule has 0 bridgehead atoms. The molecule has 1 aliphatic rings. The molecular weight excluding hydrogens is 298 g/mol. The smallest absolute Gasteiger partial charge is 0.410 e. The fourth-order valence-corrected chi connectivity index (χ4v) is 3.46. The summed E-state index contributed by atoms with van der Waals surface area (Å²) in [4.78, 5) is 14.0. The molecule has 24 heavy (non-hydrogen) atoms. The Morgan fingerprint density at radius 2 is 1.58 bits per heavy atom. The highest BCUT2D eigenvalue weighted by molar-refractivity contribution is 5.99. The number of nitrogens with zero attached hydrogens (tertiary/aromatic N) is 1. The van der Waals surface area contributed by atoms with Gasteiger partial charge in [0.25, 0.3) is 0 Å². The summed E-state index contributed by atoms with van der Waals surface area (Å²) >= 11 is 0. The van der Waals surface area contributed by atoms with Crippen molar-refractivity contribution in [3.05, 3.63) is 60.2 Å². The molecule has 4 rings (SSSR count). The third-order valence-corrected chi connectivity index (χ3v) is 4.80. The van der Waals surface area contributed by atoms with Gasteiger partial charge in [-0.25, -0.2) is 4.79 Å². The molecule has 1 amide bonds. The molecule has 1 aliphatic heterocycles. The number of hydrogen-bond donors (Lipinski definition) is 0. The monoisotopic (exact) mass is 319 g/mol. The maximum Gasteiger partial charge on any atom is 0.410 e. The van der Waals surface area contributed by atoms with Gasteiger partial charge in [0.2, 0.25) is 0 Å². The summed E-state index contributed by atoms with van der Waals surface area (Å²) in [7, 11) is 0. The highest BCUT2D eigenvalue weighted by Crippen LogP contribution is 2.26. The van der Waals surface area contributed by atoms with Gasteiger partial charge >= 0.3 is 6.09 Å². The van der Waals surface area contributed by atoms with Crippen LogP contribution in [0.25, 0.3) is 21.5 Å². The van der Waals surface area contributed by atoms with Gasteiger partial charge in [-0.1, -0.05) is 42.5 Å². The minimum atomic E-state index is -0.188. The zero-order valence-corrected chi connectivity index (χ0v) is 13.7. The van der Waals surface area contributed by atoms with Crippen molar-refractivity contribution in [2.24, 2.45) is 0 Å². The molecule has 3 aromatic rings. The Morgan fingerprint density at radius 3 is 2.38 bits per heavy atom. The molecule has 0 N–H and O–H groups in total. The lowest BCUT2D eigenvalue weighted by molar-refractivity contribution is 0.0898. The molecule has 0 aromatic heterocycles. The minimum absolute atomic E-state index is 0.188. The van der Waals surface area contributed by atoms with Crippen molar-refractivity contribution in [1.29, 1.82) is 0 Å². The van der Waals surface area contributed by atoms with Crippen LogP contribution in [-0.2, 0) is 11.3 Å². The van der Waals surface area contributed by atoms with Crippen LogP contribution in [0, 0.1) is 0 Å². The Balaban J connectivity index is 1.59. The summed E-state index contributed by atoms with van der Waals surface area (Å²) in [5, 5.41) is 4.77. The van der Waals surface area contributed by atoms with Crippen LogP contribution >= 0.6 is 0 Å². The Hall–Kier alpha value is -2.55. The normalized spacial score (nSPS) is 14.9. The van der Waals surface area contributed by atoms with Gasteiger partial charge in [-0.15, -0.1) is 0 Å². The van der Waals surface area contributed by atoms with Gasteiger partial charge in [0.05, 0.1) is 0 Å². The van der Waals surface area contributed by atoms with E-state index in [1.807, 2.05) is 23.1 Å². The Bertz CT molecular complexity index is 881. The Morgan fingerprint density at radius 1 is 0.875 bits per heavy atom. The van der Waals surface area contributed by atoms with Crippen LogP contribution in [0.15, 0.2) is 54.6 Å². The summed E-state index contributed by atoms with van der Waals surface area (Å²) in [5.41, 5.74) is 1.06. The summed E-state index contributed by atoms with van der Waals surface area (Å²) < 4.78 is 5.57. The zero-order chi connectivity index (χ0) is 16.4. The summed E-state index contributed by atoms with van der Waals surface area (Å²) in [5.74, 6) is 0. The van der Waals surface area contributed by atoms with Gasteiger partial charge in [0, 0.05) is 13.1 Å². The fraction of sp³-hybridized carbons (Fsp3) is 0.286. The molecule has 122 valence electrons. The Labute approximate surface area is 141 Å². The predicted molar refractivity (Wildman–Crippen MR) is 97.1 cm³/mol. The number of hydrogen-bond acceptors (Lipinski definition) is 2. The molecule has 3 aromatic carbocycles. The molecule has 0 spiro atoms. The average Bonchev–Trinajstić information content (AvgIpc) is 2.65. The summed E-state index contributed by atoms with van der Waals surface area (Å²) in [6.07, 6.45) is 3.18. The number of ether oxygens (including phenoxy) is 1. The third kappa shape index (κ3) is 2.94. The van der Waals surface area contributed by atoms with Gasteiger partial charge in [0.1, 0.15) is 6.61 Å². The van der Waals surface area contributed by atoms with Crippen molar-refractivity contribution in [3.8, 4) is 0 Å². The maximum absolute atomic E-state index is 12.2. The SMILES string of the molecule is O=C(OCc1cccc2cc3ccccc3cc12)N1CCCCC1. The van der Waals surface area contributed by atoms with E-state index in [1.54, 1.807) is 0 Å². The first kappa shape index (κ1) is 15.0. The van der Waals surface area contributed by atoms with Crippen molar-refractivity contribution in [2.45, 2.75) is 25.9 Å². The second-order valence-electron chi connectivity index (χ2n) is 6.44. The van der Waals surface area contributed by atoms with Gasteiger partial charge in [0.15, 0.2) is 0 Å². The van der Waals surface area contributed by atoms with Crippen molar-refractivity contribution in [1.82, 2.24) is 4.90 Å². The first-order valence-corrected chi connectivity index (χ1v) is 8.63. The third-order valence-electron chi connectivity index (χ3n) is 4.80. The van der Waals surface area contributed by atoms with Crippen LogP contribution < -0.4 is 0 Å². The molecule has 1 heterocycles. The van der Waals surface area contributed by atoms with Gasteiger partial charge < -0.3 is 9.64 Å². The van der Waals surface area contributed by atoms with Crippen LogP contribution in [0.1, 0.15) is 24.8 Å². The van der Waals surface area contributed by atoms with Gasteiger partial charge in [-0.3, -0.25) is 0 Å². The quantitative estimate of drug-likeness (QED) is 0.614. The topological polar surface area (TPSA) is 29.5 Å². The van der Waals surface area contributed by atoms with Crippen LogP contribution in [0.5, 0.6) is 0 Å². The minimum Gasteiger partial charge on any atom is -0.445 e. The van der Waals surface area contributed by atoms with Gasteiger partial charge in [-0.05, 0) is 58.5 Å². The fourth-order valence-electron chi connectivity index (χ4n) is 3.46. The zero-order valence-electron chi connectivity index (χ0n) is 13.7. The van der Waals surface area contributed by atoms with Crippen molar-refractivity contribution >= 4 is 27.6 Å². The van der Waals surface area contributed by atoms with E-state index in [2.05, 4.69) is 36.4 Å². The number of fused-ring (bicyclic) bond motifs is 2. The van der Waals surface area contributed by atoms with E-state index in [9.17, 15) is 4.79 Å². The number of carbonyl (C=O) groups excluding carboxylic acids is 1. The average molecular weight is 319 g/mol. The number of benzene rings is 3.